The Kier molecular flexibility index (Phi) is 7.03. The van der Waals surface area contributed by atoms with Crippen molar-refractivity contribution in [3.8, 4) is 0 Å². The van der Waals surface area contributed by atoms with Crippen molar-refractivity contribution in [1.82, 2.24) is 18.7 Å². The first-order chi connectivity index (χ1) is 16.6. The predicted octanol–water partition coefficient (Wildman–Crippen LogP) is 2.96. The quantitative estimate of drug-likeness (QED) is 0.550. The number of hydrogen-bond acceptors (Lipinski definition) is 5. The zero-order valence-corrected chi connectivity index (χ0v) is 21.9. The summed E-state index contributed by atoms with van der Waals surface area (Å²) in [6.45, 7) is 12.7. The second-order valence-corrected chi connectivity index (χ2v) is 10.3. The fraction of sp³-hybridized carbons (Fsp3) is 0.519. The van der Waals surface area contributed by atoms with E-state index < -0.39 is 0 Å². The molecule has 2 aromatic heterocycles. The van der Waals surface area contributed by atoms with Gasteiger partial charge in [-0.1, -0.05) is 29.3 Å². The molecule has 2 N–H and O–H groups in total. The molecule has 3 aromatic rings. The Bertz CT molecular complexity index is 1380. The molecule has 0 bridgehead atoms. The van der Waals surface area contributed by atoms with E-state index in [0.29, 0.717) is 43.2 Å². The zero-order chi connectivity index (χ0) is 25.4. The summed E-state index contributed by atoms with van der Waals surface area (Å²) in [5, 5.41) is 0. The number of anilines is 1. The molecule has 0 amide bonds. The highest BCUT2D eigenvalue weighted by Crippen LogP contribution is 2.23. The average Bonchev–Trinajstić information content (AvgIpc) is 3.17. The Morgan fingerprint density at radius 2 is 1.83 bits per heavy atom. The number of imidazole rings is 1. The Labute approximate surface area is 206 Å². The van der Waals surface area contributed by atoms with Crippen LogP contribution in [0, 0.1) is 20.8 Å². The number of nitrogens with two attached hydrogens (primary N) is 1. The second-order valence-electron chi connectivity index (χ2n) is 10.3. The van der Waals surface area contributed by atoms with Crippen molar-refractivity contribution >= 4 is 17.1 Å². The van der Waals surface area contributed by atoms with Gasteiger partial charge in [0.2, 0.25) is 5.95 Å². The summed E-state index contributed by atoms with van der Waals surface area (Å²) in [7, 11) is 1.70. The number of fused-ring (bicyclic) bond motifs is 1. The summed E-state index contributed by atoms with van der Waals surface area (Å²) < 4.78 is 4.84. The fourth-order valence-corrected chi connectivity index (χ4v) is 5.26. The number of allylic oxidation sites excluding steroid dienone is 2. The first-order valence-corrected chi connectivity index (χ1v) is 12.5. The van der Waals surface area contributed by atoms with Gasteiger partial charge in [0.15, 0.2) is 11.2 Å². The minimum Gasteiger partial charge on any atom is -0.341 e. The third-order valence-corrected chi connectivity index (χ3v) is 7.06. The molecular weight excluding hydrogens is 440 g/mol. The van der Waals surface area contributed by atoms with E-state index in [2.05, 4.69) is 43.9 Å². The lowest BCUT2D eigenvalue weighted by molar-refractivity contribution is 0.495. The summed E-state index contributed by atoms with van der Waals surface area (Å²) in [6, 6.07) is 4.37. The highest BCUT2D eigenvalue weighted by molar-refractivity contribution is 5.74. The van der Waals surface area contributed by atoms with Crippen LogP contribution in [0.5, 0.6) is 0 Å². The molecule has 3 heterocycles. The molecule has 1 unspecified atom stereocenters. The van der Waals surface area contributed by atoms with Gasteiger partial charge in [0.1, 0.15) is 0 Å². The molecule has 1 saturated heterocycles. The van der Waals surface area contributed by atoms with Crippen molar-refractivity contribution in [2.75, 3.05) is 18.0 Å². The van der Waals surface area contributed by atoms with Crippen molar-refractivity contribution in [2.45, 2.75) is 73.0 Å². The van der Waals surface area contributed by atoms with E-state index in [0.717, 1.165) is 25.0 Å². The normalized spacial score (nSPS) is 16.2. The SMILES string of the molecule is CC(C)=CCn1c(N2CCCC(N)C2)nc2c1c(=O)n(CCc1c(C)cc(C)cc1C)c(=O)n2C. The lowest BCUT2D eigenvalue weighted by Gasteiger charge is -2.31. The standard InChI is InChI=1S/C27H38N6O2/c1-17(2)9-12-32-23-24(29-26(32)31-11-7-8-21(28)16-31)30(6)27(35)33(25(23)34)13-10-22-19(4)14-18(3)15-20(22)5/h9,14-15,21H,7-8,10-13,16,28H2,1-6H3. The Hall–Kier alpha value is -3.13. The number of piperidine rings is 1. The largest absolute Gasteiger partial charge is 0.341 e. The molecule has 0 saturated carbocycles. The van der Waals surface area contributed by atoms with Crippen molar-refractivity contribution in [3.05, 3.63) is 66.9 Å². The number of hydrogen-bond donors (Lipinski definition) is 1. The molecule has 188 valence electrons. The third kappa shape index (κ3) is 4.85. The van der Waals surface area contributed by atoms with Crippen LogP contribution in [0.4, 0.5) is 5.95 Å². The first-order valence-electron chi connectivity index (χ1n) is 12.5. The van der Waals surface area contributed by atoms with Crippen LogP contribution in [0.15, 0.2) is 33.4 Å². The van der Waals surface area contributed by atoms with Crippen LogP contribution >= 0.6 is 0 Å². The van der Waals surface area contributed by atoms with Gasteiger partial charge in [0.05, 0.1) is 0 Å². The van der Waals surface area contributed by atoms with Gasteiger partial charge in [0.25, 0.3) is 5.56 Å². The van der Waals surface area contributed by atoms with E-state index in [1.807, 2.05) is 18.4 Å². The molecule has 0 radical (unpaired) electrons. The van der Waals surface area contributed by atoms with Gasteiger partial charge in [0, 0.05) is 39.3 Å². The molecule has 8 nitrogen and oxygen atoms in total. The maximum atomic E-state index is 13.8. The van der Waals surface area contributed by atoms with Gasteiger partial charge in [-0.15, -0.1) is 0 Å². The van der Waals surface area contributed by atoms with Crippen LogP contribution in [0.1, 0.15) is 48.9 Å². The molecule has 4 rings (SSSR count). The second kappa shape index (κ2) is 9.85. The smallest absolute Gasteiger partial charge is 0.332 e. The molecule has 35 heavy (non-hydrogen) atoms. The minimum atomic E-state index is -0.335. The Morgan fingerprint density at radius 1 is 1.14 bits per heavy atom. The molecule has 8 heteroatoms. The summed E-state index contributed by atoms with van der Waals surface area (Å²) in [5.74, 6) is 0.711. The Balaban J connectivity index is 1.85. The molecule has 1 atom stereocenters. The van der Waals surface area contributed by atoms with Crippen molar-refractivity contribution in [2.24, 2.45) is 12.8 Å². The molecule has 1 aliphatic rings. The van der Waals surface area contributed by atoms with E-state index >= 15 is 0 Å². The van der Waals surface area contributed by atoms with E-state index in [4.69, 9.17) is 10.7 Å². The van der Waals surface area contributed by atoms with Gasteiger partial charge >= 0.3 is 5.69 Å². The predicted molar refractivity (Wildman–Crippen MR) is 142 cm³/mol. The molecule has 1 aliphatic heterocycles. The van der Waals surface area contributed by atoms with Gasteiger partial charge in [-0.25, -0.2) is 4.79 Å². The number of benzene rings is 1. The third-order valence-electron chi connectivity index (χ3n) is 7.06. The van der Waals surface area contributed by atoms with Crippen LogP contribution < -0.4 is 21.9 Å². The lowest BCUT2D eigenvalue weighted by Crippen LogP contribution is -2.44. The van der Waals surface area contributed by atoms with Crippen LogP contribution in [0.3, 0.4) is 0 Å². The van der Waals surface area contributed by atoms with Crippen LogP contribution in [-0.4, -0.2) is 37.8 Å². The molecule has 1 aromatic carbocycles. The maximum Gasteiger partial charge on any atom is 0.332 e. The number of rotatable bonds is 6. The van der Waals surface area contributed by atoms with E-state index in [1.165, 1.54) is 31.4 Å². The maximum absolute atomic E-state index is 13.8. The summed E-state index contributed by atoms with van der Waals surface area (Å²) in [6.07, 6.45) is 4.66. The van der Waals surface area contributed by atoms with E-state index in [-0.39, 0.29) is 17.3 Å². The van der Waals surface area contributed by atoms with E-state index in [1.54, 1.807) is 7.05 Å². The van der Waals surface area contributed by atoms with Gasteiger partial charge in [-0.05, 0) is 70.6 Å². The number of aromatic nitrogens is 4. The van der Waals surface area contributed by atoms with E-state index in [9.17, 15) is 9.59 Å². The fourth-order valence-electron chi connectivity index (χ4n) is 5.26. The number of nitrogens with zero attached hydrogens (tertiary/aromatic N) is 5. The minimum absolute atomic E-state index is 0.0712. The van der Waals surface area contributed by atoms with Crippen LogP contribution in [0.25, 0.3) is 11.2 Å². The average molecular weight is 479 g/mol. The van der Waals surface area contributed by atoms with Crippen molar-refractivity contribution < 1.29 is 0 Å². The highest BCUT2D eigenvalue weighted by Gasteiger charge is 2.26. The lowest BCUT2D eigenvalue weighted by atomic mass is 9.97. The number of aryl methyl sites for hydroxylation is 4. The molecular formula is C27H38N6O2. The van der Waals surface area contributed by atoms with Crippen molar-refractivity contribution in [3.63, 3.8) is 0 Å². The molecule has 0 aliphatic carbocycles. The van der Waals surface area contributed by atoms with Crippen molar-refractivity contribution in [1.29, 1.82) is 0 Å². The summed E-state index contributed by atoms with van der Waals surface area (Å²) in [5.41, 5.74) is 12.5. The van der Waals surface area contributed by atoms with Crippen LogP contribution in [0.2, 0.25) is 0 Å². The highest BCUT2D eigenvalue weighted by atomic mass is 16.2. The van der Waals surface area contributed by atoms with Gasteiger partial charge in [-0.2, -0.15) is 4.98 Å². The van der Waals surface area contributed by atoms with Crippen LogP contribution in [-0.2, 0) is 26.6 Å². The first kappa shape index (κ1) is 25.0. The van der Waals surface area contributed by atoms with Gasteiger partial charge in [-0.3, -0.25) is 13.9 Å². The molecule has 0 spiro atoms. The zero-order valence-electron chi connectivity index (χ0n) is 21.9. The monoisotopic (exact) mass is 478 g/mol. The summed E-state index contributed by atoms with van der Waals surface area (Å²) in [4.78, 5) is 34.1. The summed E-state index contributed by atoms with van der Waals surface area (Å²) >= 11 is 0. The molecule has 1 fully saturated rings. The van der Waals surface area contributed by atoms with Gasteiger partial charge < -0.3 is 15.2 Å². The topological polar surface area (TPSA) is 91.1 Å². The Morgan fingerprint density at radius 3 is 2.46 bits per heavy atom.